The van der Waals surface area contributed by atoms with Gasteiger partial charge in [-0.1, -0.05) is 30.3 Å². The van der Waals surface area contributed by atoms with Crippen molar-refractivity contribution >= 4 is 35.3 Å². The van der Waals surface area contributed by atoms with Crippen molar-refractivity contribution in [2.24, 2.45) is 22.2 Å². The summed E-state index contributed by atoms with van der Waals surface area (Å²) in [7, 11) is 0. The molecule has 14 nitrogen and oxygen atoms in total. The summed E-state index contributed by atoms with van der Waals surface area (Å²) < 4.78 is 0. The minimum absolute atomic E-state index is 0.0757. The summed E-state index contributed by atoms with van der Waals surface area (Å²) in [5, 5.41) is 20.6. The minimum Gasteiger partial charge on any atom is -0.481 e. The molecule has 0 aromatic heterocycles. The fraction of sp³-hybridized carbons (Fsp3) is 0.538. The standard InChI is InChI=1S/C26H40N8O6/c27-11-5-4-10-20-32-17(9-6-12-30-26(28)29)25(40)31-15-21(35)34-19(14-22(36)37)24(39)23(38)18(33-20)13-16-7-2-1-3-8-16/h1-3,7-8,17-20,32-33H,4-6,9-15,27H2,(H,31,40)(H,34,35)(H,36,37)(H4,28,29,30)/t17-,18-,19-,20?/m0/s1. The van der Waals surface area contributed by atoms with Gasteiger partial charge in [0.25, 0.3) is 0 Å². The maximum Gasteiger partial charge on any atom is 0.305 e. The molecule has 0 radical (unpaired) electrons. The largest absolute Gasteiger partial charge is 0.481 e. The number of unbranched alkanes of at least 4 members (excludes halogenated alkanes) is 1. The number of rotatable bonds is 12. The fourth-order valence-corrected chi connectivity index (χ4v) is 4.33. The Morgan fingerprint density at radius 2 is 1.60 bits per heavy atom. The number of aliphatic imine (C=N–C) groups is 1. The van der Waals surface area contributed by atoms with Crippen LogP contribution in [0.1, 0.15) is 44.1 Å². The summed E-state index contributed by atoms with van der Waals surface area (Å²) in [5.74, 6) is -4.64. The number of aliphatic carboxylic acids is 1. The van der Waals surface area contributed by atoms with Crippen LogP contribution in [0, 0.1) is 0 Å². The molecule has 0 aliphatic carbocycles. The van der Waals surface area contributed by atoms with Gasteiger partial charge in [-0.05, 0) is 50.6 Å². The molecule has 220 valence electrons. The van der Waals surface area contributed by atoms with Gasteiger partial charge in [0.05, 0.1) is 31.2 Å². The van der Waals surface area contributed by atoms with E-state index in [1.165, 1.54) is 0 Å². The third-order valence-corrected chi connectivity index (χ3v) is 6.31. The fourth-order valence-electron chi connectivity index (χ4n) is 4.33. The van der Waals surface area contributed by atoms with Crippen LogP contribution in [0.15, 0.2) is 35.3 Å². The Labute approximate surface area is 232 Å². The van der Waals surface area contributed by atoms with Crippen LogP contribution in [-0.2, 0) is 30.4 Å². The van der Waals surface area contributed by atoms with Crippen molar-refractivity contribution in [1.82, 2.24) is 21.3 Å². The van der Waals surface area contributed by atoms with E-state index in [1.54, 1.807) is 24.3 Å². The predicted molar refractivity (Wildman–Crippen MR) is 148 cm³/mol. The number of nitrogens with two attached hydrogens (primary N) is 3. The van der Waals surface area contributed by atoms with E-state index in [-0.39, 0.29) is 18.9 Å². The summed E-state index contributed by atoms with van der Waals surface area (Å²) in [6.45, 7) is 0.214. The van der Waals surface area contributed by atoms with Gasteiger partial charge in [0.2, 0.25) is 23.4 Å². The predicted octanol–water partition coefficient (Wildman–Crippen LogP) is -2.12. The average Bonchev–Trinajstić information content (AvgIpc) is 2.91. The molecular weight excluding hydrogens is 520 g/mol. The molecule has 14 heteroatoms. The molecule has 2 rings (SSSR count). The molecule has 4 atom stereocenters. The number of carboxylic acids is 1. The molecule has 1 aromatic rings. The van der Waals surface area contributed by atoms with E-state index in [0.717, 1.165) is 5.56 Å². The smallest absolute Gasteiger partial charge is 0.305 e. The summed E-state index contributed by atoms with van der Waals surface area (Å²) >= 11 is 0. The maximum absolute atomic E-state index is 13.5. The van der Waals surface area contributed by atoms with Crippen LogP contribution in [0.25, 0.3) is 0 Å². The third kappa shape index (κ3) is 11.5. The Hall–Kier alpha value is -3.88. The Kier molecular flexibility index (Phi) is 13.7. The lowest BCUT2D eigenvalue weighted by Crippen LogP contribution is -2.58. The number of ketones is 2. The number of benzene rings is 1. The molecule has 1 aliphatic rings. The van der Waals surface area contributed by atoms with Crippen molar-refractivity contribution in [3.63, 3.8) is 0 Å². The zero-order valence-corrected chi connectivity index (χ0v) is 22.4. The SMILES string of the molecule is NCCCCC1N[C@@H](CCCN=C(N)N)C(=O)NCC(=O)N[C@@H](CC(=O)O)C(=O)C(=O)[C@H](Cc2ccccc2)N1. The first-order valence-corrected chi connectivity index (χ1v) is 13.3. The van der Waals surface area contributed by atoms with E-state index < -0.39 is 66.6 Å². The molecule has 1 aliphatic heterocycles. The monoisotopic (exact) mass is 560 g/mol. The summed E-state index contributed by atoms with van der Waals surface area (Å²) in [4.78, 5) is 67.8. The van der Waals surface area contributed by atoms with Gasteiger partial charge in [0.1, 0.15) is 6.04 Å². The number of carbonyl (C=O) groups is 5. The second kappa shape index (κ2) is 16.9. The highest BCUT2D eigenvalue weighted by atomic mass is 16.4. The Balaban J connectivity index is 2.44. The lowest BCUT2D eigenvalue weighted by molar-refractivity contribution is -0.143. The van der Waals surface area contributed by atoms with Crippen LogP contribution in [0.5, 0.6) is 0 Å². The van der Waals surface area contributed by atoms with Gasteiger partial charge < -0.3 is 32.9 Å². The van der Waals surface area contributed by atoms with E-state index in [4.69, 9.17) is 17.2 Å². The molecular formula is C26H40N8O6. The molecule has 0 spiro atoms. The molecule has 0 bridgehead atoms. The van der Waals surface area contributed by atoms with Gasteiger partial charge in [0, 0.05) is 6.54 Å². The summed E-state index contributed by atoms with van der Waals surface area (Å²) in [6.07, 6.45) is 1.30. The summed E-state index contributed by atoms with van der Waals surface area (Å²) in [5.41, 5.74) is 17.2. The first-order valence-electron chi connectivity index (χ1n) is 13.3. The molecule has 2 amide bonds. The van der Waals surface area contributed by atoms with E-state index in [2.05, 4.69) is 26.3 Å². The van der Waals surface area contributed by atoms with Crippen LogP contribution in [0.3, 0.4) is 0 Å². The highest BCUT2D eigenvalue weighted by molar-refractivity contribution is 6.41. The topological polar surface area (TPSA) is 244 Å². The van der Waals surface area contributed by atoms with Crippen molar-refractivity contribution in [3.05, 3.63) is 35.9 Å². The number of Topliss-reactive ketones (excluding diaryl/α,β-unsaturated/α-hetero) is 2. The summed E-state index contributed by atoms with van der Waals surface area (Å²) in [6, 6.07) is 5.55. The number of nitrogens with zero attached hydrogens (tertiary/aromatic N) is 1. The minimum atomic E-state index is -1.59. The van der Waals surface area contributed by atoms with Gasteiger partial charge in [-0.2, -0.15) is 0 Å². The molecule has 40 heavy (non-hydrogen) atoms. The number of amides is 2. The normalized spacial score (nSPS) is 22.7. The van der Waals surface area contributed by atoms with Crippen molar-refractivity contribution in [3.8, 4) is 0 Å². The van der Waals surface area contributed by atoms with E-state index in [1.807, 2.05) is 6.07 Å². The molecule has 1 heterocycles. The van der Waals surface area contributed by atoms with Gasteiger partial charge >= 0.3 is 5.97 Å². The third-order valence-electron chi connectivity index (χ3n) is 6.31. The Morgan fingerprint density at radius 3 is 2.25 bits per heavy atom. The number of carboxylic acid groups (broad SMARTS) is 1. The van der Waals surface area contributed by atoms with Gasteiger partial charge in [-0.15, -0.1) is 0 Å². The number of guanidine groups is 1. The first kappa shape index (κ1) is 32.3. The van der Waals surface area contributed by atoms with Crippen LogP contribution in [0.2, 0.25) is 0 Å². The second-order valence-electron chi connectivity index (χ2n) is 9.58. The quantitative estimate of drug-likeness (QED) is 0.0594. The van der Waals surface area contributed by atoms with E-state index in [0.29, 0.717) is 38.6 Å². The van der Waals surface area contributed by atoms with Crippen molar-refractivity contribution in [1.29, 1.82) is 0 Å². The van der Waals surface area contributed by atoms with Gasteiger partial charge in [-0.3, -0.25) is 39.6 Å². The molecule has 0 saturated carbocycles. The van der Waals surface area contributed by atoms with Crippen molar-refractivity contribution in [2.75, 3.05) is 19.6 Å². The lowest BCUT2D eigenvalue weighted by atomic mass is 9.95. The molecule has 1 saturated heterocycles. The number of carbonyl (C=O) groups excluding carboxylic acids is 4. The lowest BCUT2D eigenvalue weighted by Gasteiger charge is -2.29. The average molecular weight is 561 g/mol. The highest BCUT2D eigenvalue weighted by Gasteiger charge is 2.36. The van der Waals surface area contributed by atoms with Crippen LogP contribution in [0.4, 0.5) is 0 Å². The zero-order valence-electron chi connectivity index (χ0n) is 22.4. The van der Waals surface area contributed by atoms with Gasteiger partial charge in [0.15, 0.2) is 5.96 Å². The number of nitrogens with one attached hydrogen (secondary N) is 4. The van der Waals surface area contributed by atoms with Crippen LogP contribution < -0.4 is 38.5 Å². The highest BCUT2D eigenvalue weighted by Crippen LogP contribution is 2.11. The number of hydrogen-bond donors (Lipinski definition) is 8. The van der Waals surface area contributed by atoms with Crippen LogP contribution in [-0.4, -0.2) is 84.3 Å². The van der Waals surface area contributed by atoms with E-state index in [9.17, 15) is 29.1 Å². The number of hydrogen-bond acceptors (Lipinski definition) is 9. The Morgan fingerprint density at radius 1 is 0.925 bits per heavy atom. The molecule has 1 fully saturated rings. The maximum atomic E-state index is 13.5. The van der Waals surface area contributed by atoms with Crippen molar-refractivity contribution in [2.45, 2.75) is 69.2 Å². The van der Waals surface area contributed by atoms with Crippen molar-refractivity contribution < 1.29 is 29.1 Å². The molecule has 1 aromatic carbocycles. The Bertz CT molecular complexity index is 1050. The molecule has 11 N–H and O–H groups in total. The van der Waals surface area contributed by atoms with E-state index >= 15 is 0 Å². The molecule has 1 unspecified atom stereocenters. The first-order chi connectivity index (χ1) is 19.1. The zero-order chi connectivity index (χ0) is 29.5. The second-order valence-corrected chi connectivity index (χ2v) is 9.58. The van der Waals surface area contributed by atoms with Gasteiger partial charge in [-0.25, -0.2) is 0 Å². The van der Waals surface area contributed by atoms with Crippen LogP contribution >= 0.6 is 0 Å².